The third-order valence-corrected chi connectivity index (χ3v) is 8.07. The highest BCUT2D eigenvalue weighted by molar-refractivity contribution is 5.88. The topological polar surface area (TPSA) is 119 Å². The number of carbonyl (C=O) groups is 2. The molecule has 2 bridgehead atoms. The van der Waals surface area contributed by atoms with Gasteiger partial charge in [-0.15, -0.1) is 0 Å². The van der Waals surface area contributed by atoms with Crippen molar-refractivity contribution in [1.82, 2.24) is 15.2 Å². The molecule has 0 spiro atoms. The van der Waals surface area contributed by atoms with E-state index in [-0.39, 0.29) is 29.6 Å². The van der Waals surface area contributed by atoms with E-state index in [1.807, 2.05) is 6.07 Å². The van der Waals surface area contributed by atoms with Gasteiger partial charge >= 0.3 is 6.09 Å². The maximum absolute atomic E-state index is 15.0. The van der Waals surface area contributed by atoms with Crippen LogP contribution in [0.2, 0.25) is 0 Å². The molecular formula is C29H30FN5O3. The van der Waals surface area contributed by atoms with E-state index in [2.05, 4.69) is 23.3 Å². The Bertz CT molecular complexity index is 1360. The number of nitriles is 2. The van der Waals surface area contributed by atoms with Crippen LogP contribution in [-0.4, -0.2) is 45.6 Å². The molecule has 2 saturated carbocycles. The summed E-state index contributed by atoms with van der Waals surface area (Å²) in [6.45, 7) is 7.53. The molecule has 7 atom stereocenters. The van der Waals surface area contributed by atoms with Crippen LogP contribution in [0.4, 0.5) is 9.18 Å². The molecule has 0 radical (unpaired) electrons. The first-order chi connectivity index (χ1) is 18.0. The molecule has 3 aliphatic rings. The lowest BCUT2D eigenvalue weighted by atomic mass is 9.94. The number of ether oxygens (including phenoxy) is 1. The minimum absolute atomic E-state index is 0.0182. The van der Waals surface area contributed by atoms with E-state index in [0.29, 0.717) is 28.9 Å². The summed E-state index contributed by atoms with van der Waals surface area (Å²) in [5.41, 5.74) is 1.11. The Morgan fingerprint density at radius 1 is 1.21 bits per heavy atom. The lowest BCUT2D eigenvalue weighted by molar-refractivity contribution is -0.128. The Labute approximate surface area is 221 Å². The van der Waals surface area contributed by atoms with Gasteiger partial charge in [0.25, 0.3) is 0 Å². The molecule has 8 nitrogen and oxygen atoms in total. The van der Waals surface area contributed by atoms with Gasteiger partial charge in [0.2, 0.25) is 5.91 Å². The summed E-state index contributed by atoms with van der Waals surface area (Å²) in [4.78, 5) is 32.2. The molecule has 2 aromatic rings. The molecule has 9 heteroatoms. The highest BCUT2D eigenvalue weighted by Gasteiger charge is 2.71. The second-order valence-electron chi connectivity index (χ2n) is 11.6. The van der Waals surface area contributed by atoms with E-state index < -0.39 is 35.5 Å². The molecule has 1 aliphatic heterocycles. The molecule has 2 amide bonds. The van der Waals surface area contributed by atoms with Crippen LogP contribution >= 0.6 is 0 Å². The van der Waals surface area contributed by atoms with Gasteiger partial charge in [0.1, 0.15) is 35.3 Å². The van der Waals surface area contributed by atoms with Gasteiger partial charge in [-0.1, -0.05) is 19.1 Å². The zero-order chi connectivity index (χ0) is 27.4. The summed E-state index contributed by atoms with van der Waals surface area (Å²) in [7, 11) is 0. The fourth-order valence-corrected chi connectivity index (χ4v) is 6.47. The van der Waals surface area contributed by atoms with Crippen molar-refractivity contribution in [3.8, 4) is 23.3 Å². The van der Waals surface area contributed by atoms with Gasteiger partial charge in [-0.05, 0) is 80.2 Å². The first-order valence-electron chi connectivity index (χ1n) is 12.9. The number of halogens is 1. The molecule has 1 aromatic carbocycles. The second kappa shape index (κ2) is 9.40. The lowest BCUT2D eigenvalue weighted by Gasteiger charge is -2.35. The van der Waals surface area contributed by atoms with Crippen LogP contribution in [0, 0.1) is 52.2 Å². The third kappa shape index (κ3) is 4.58. The monoisotopic (exact) mass is 515 g/mol. The van der Waals surface area contributed by atoms with Crippen molar-refractivity contribution in [2.24, 2.45) is 23.7 Å². The third-order valence-electron chi connectivity index (χ3n) is 8.07. The van der Waals surface area contributed by atoms with Crippen LogP contribution in [0.25, 0.3) is 11.1 Å². The van der Waals surface area contributed by atoms with E-state index >= 15 is 0 Å². The minimum atomic E-state index is -0.966. The van der Waals surface area contributed by atoms with Crippen molar-refractivity contribution in [3.63, 3.8) is 0 Å². The zero-order valence-electron chi connectivity index (χ0n) is 21.8. The maximum atomic E-state index is 15.0. The first-order valence-corrected chi connectivity index (χ1v) is 12.9. The molecule has 1 saturated heterocycles. The molecule has 38 heavy (non-hydrogen) atoms. The summed E-state index contributed by atoms with van der Waals surface area (Å²) >= 11 is 0. The second-order valence-corrected chi connectivity index (χ2v) is 11.6. The van der Waals surface area contributed by atoms with E-state index in [1.165, 1.54) is 12.3 Å². The minimum Gasteiger partial charge on any atom is -0.444 e. The van der Waals surface area contributed by atoms with Gasteiger partial charge in [0, 0.05) is 24.2 Å². The van der Waals surface area contributed by atoms with Crippen LogP contribution < -0.4 is 5.32 Å². The largest absolute Gasteiger partial charge is 0.444 e. The fraction of sp³-hybridized carbons (Fsp3) is 0.483. The highest BCUT2D eigenvalue weighted by Crippen LogP contribution is 2.67. The Balaban J connectivity index is 1.30. The quantitative estimate of drug-likeness (QED) is 0.637. The molecule has 2 aliphatic carbocycles. The Kier molecular flexibility index (Phi) is 6.35. The van der Waals surface area contributed by atoms with Gasteiger partial charge in [0.05, 0.1) is 6.07 Å². The summed E-state index contributed by atoms with van der Waals surface area (Å²) in [6, 6.07) is 10.2. The number of aromatic nitrogens is 1. The lowest BCUT2D eigenvalue weighted by Crippen LogP contribution is -2.56. The van der Waals surface area contributed by atoms with Crippen molar-refractivity contribution < 1.29 is 18.7 Å². The average Bonchev–Trinajstić information content (AvgIpc) is 3.22. The predicted molar refractivity (Wildman–Crippen MR) is 135 cm³/mol. The number of carbonyl (C=O) groups excluding carboxylic acids is 2. The zero-order valence-corrected chi connectivity index (χ0v) is 21.8. The maximum Gasteiger partial charge on any atom is 0.411 e. The van der Waals surface area contributed by atoms with E-state index in [1.54, 1.807) is 49.9 Å². The number of amides is 2. The fourth-order valence-electron chi connectivity index (χ4n) is 6.47. The summed E-state index contributed by atoms with van der Waals surface area (Å²) in [5.74, 6) is 0.370. The number of hydrogen-bond acceptors (Lipinski definition) is 6. The van der Waals surface area contributed by atoms with Crippen LogP contribution in [0.3, 0.4) is 0 Å². The van der Waals surface area contributed by atoms with Crippen molar-refractivity contribution in [2.75, 3.05) is 0 Å². The Morgan fingerprint density at radius 3 is 2.55 bits per heavy atom. The SMILES string of the molecule is C[C@H]1C2C1[C@@H]1C[C@H]2[C@@H](C(=O)N[C@H](C#N)Cc2ccc(-c3ccc(C#N)nc3)cc2F)N1C(=O)OC(C)(C)C. The summed E-state index contributed by atoms with van der Waals surface area (Å²) in [5, 5.41) is 21.5. The summed E-state index contributed by atoms with van der Waals surface area (Å²) < 4.78 is 20.6. The molecule has 2 unspecified atom stereocenters. The van der Waals surface area contributed by atoms with E-state index in [0.717, 1.165) is 6.42 Å². The molecular weight excluding hydrogens is 485 g/mol. The van der Waals surface area contributed by atoms with Gasteiger partial charge in [-0.2, -0.15) is 10.5 Å². The molecule has 5 rings (SSSR count). The number of nitrogens with zero attached hydrogens (tertiary/aromatic N) is 4. The number of fused-ring (bicyclic) bond motifs is 5. The standard InChI is InChI=1S/C29H30FN5O3/c1-15-24-21-11-23(25(15)24)35(28(37)38-29(2,3)4)26(21)27(36)34-20(13-32)9-17-6-5-16(10-22(17)30)18-7-8-19(12-31)33-14-18/h5-8,10,14-15,20-21,23-26H,9,11H2,1-4H3,(H,34,36)/t15-,20-,21+,23-,24?,25?,26-/m0/s1. The molecule has 3 fully saturated rings. The predicted octanol–water partition coefficient (Wildman–Crippen LogP) is 4.20. The van der Waals surface area contributed by atoms with Crippen molar-refractivity contribution in [1.29, 1.82) is 10.5 Å². The molecule has 2 heterocycles. The number of rotatable bonds is 5. The Hall–Kier alpha value is -3.98. The van der Waals surface area contributed by atoms with Gasteiger partial charge in [-0.3, -0.25) is 9.69 Å². The smallest absolute Gasteiger partial charge is 0.411 e. The summed E-state index contributed by atoms with van der Waals surface area (Å²) in [6.07, 6.45) is 1.74. The van der Waals surface area contributed by atoms with Gasteiger partial charge < -0.3 is 10.1 Å². The molecule has 1 aromatic heterocycles. The van der Waals surface area contributed by atoms with Crippen LogP contribution in [0.1, 0.15) is 45.4 Å². The number of hydrogen-bond donors (Lipinski definition) is 1. The number of nitrogens with one attached hydrogen (secondary N) is 1. The number of benzene rings is 1. The number of pyridine rings is 1. The Morgan fingerprint density at radius 2 is 1.95 bits per heavy atom. The molecule has 1 N–H and O–H groups in total. The molecule has 196 valence electrons. The van der Waals surface area contributed by atoms with E-state index in [9.17, 15) is 19.2 Å². The van der Waals surface area contributed by atoms with Crippen molar-refractivity contribution >= 4 is 12.0 Å². The van der Waals surface area contributed by atoms with Crippen molar-refractivity contribution in [3.05, 3.63) is 53.6 Å². The van der Waals surface area contributed by atoms with Gasteiger partial charge in [-0.25, -0.2) is 14.2 Å². The van der Waals surface area contributed by atoms with Crippen LogP contribution in [0.5, 0.6) is 0 Å². The van der Waals surface area contributed by atoms with Gasteiger partial charge in [0.15, 0.2) is 0 Å². The van der Waals surface area contributed by atoms with Crippen LogP contribution in [-0.2, 0) is 16.0 Å². The van der Waals surface area contributed by atoms with Crippen LogP contribution in [0.15, 0.2) is 36.5 Å². The normalized spacial score (nSPS) is 27.6. The first kappa shape index (κ1) is 25.7. The average molecular weight is 516 g/mol. The number of piperidine rings is 1. The number of likely N-dealkylation sites (tertiary alicyclic amines) is 1. The highest BCUT2D eigenvalue weighted by atomic mass is 19.1. The van der Waals surface area contributed by atoms with E-state index in [4.69, 9.17) is 10.00 Å². The van der Waals surface area contributed by atoms with Crippen molar-refractivity contribution in [2.45, 2.75) is 64.3 Å².